The lowest BCUT2D eigenvalue weighted by Crippen LogP contribution is -2.36. The fourth-order valence-corrected chi connectivity index (χ4v) is 2.96. The van der Waals surface area contributed by atoms with Crippen LogP contribution in [0.4, 0.5) is 0 Å². The lowest BCUT2D eigenvalue weighted by Gasteiger charge is -2.14. The molecule has 0 saturated heterocycles. The quantitative estimate of drug-likeness (QED) is 0.282. The monoisotopic (exact) mass is 509 g/mol. The Bertz CT molecular complexity index is 778. The van der Waals surface area contributed by atoms with Crippen LogP contribution in [0.1, 0.15) is 36.5 Å². The van der Waals surface area contributed by atoms with Crippen LogP contribution in [0.25, 0.3) is 0 Å². The molecule has 0 heterocycles. The smallest absolute Gasteiger partial charge is 0.191 e. The Balaban J connectivity index is 0.00000300. The highest BCUT2D eigenvalue weighted by molar-refractivity contribution is 14.0. The minimum absolute atomic E-state index is 0. The molecule has 5 nitrogen and oxygen atoms in total. The topological polar surface area (TPSA) is 54.9 Å². The van der Waals surface area contributed by atoms with Crippen molar-refractivity contribution < 1.29 is 9.47 Å². The molecule has 0 spiro atoms. The fourth-order valence-electron chi connectivity index (χ4n) is 2.96. The molecule has 1 aliphatic rings. The van der Waals surface area contributed by atoms with Crippen LogP contribution >= 0.6 is 24.0 Å². The summed E-state index contributed by atoms with van der Waals surface area (Å²) in [5, 5.41) is 6.74. The van der Waals surface area contributed by atoms with E-state index in [4.69, 9.17) is 14.5 Å². The number of methoxy groups -OCH3 is 1. The highest BCUT2D eigenvalue weighted by atomic mass is 127. The van der Waals surface area contributed by atoms with Crippen LogP contribution in [-0.2, 0) is 24.4 Å². The molecule has 0 bridgehead atoms. The summed E-state index contributed by atoms with van der Waals surface area (Å²) in [4.78, 5) is 4.73. The van der Waals surface area contributed by atoms with Gasteiger partial charge >= 0.3 is 0 Å². The predicted molar refractivity (Wildman–Crippen MR) is 129 cm³/mol. The van der Waals surface area contributed by atoms with E-state index in [-0.39, 0.29) is 24.0 Å². The zero-order valence-electron chi connectivity index (χ0n) is 17.3. The number of aliphatic imine (C=N–C) groups is 1. The van der Waals surface area contributed by atoms with Crippen molar-refractivity contribution in [3.63, 3.8) is 0 Å². The molecule has 0 amide bonds. The first-order chi connectivity index (χ1) is 13.8. The molecule has 2 aromatic carbocycles. The van der Waals surface area contributed by atoms with Gasteiger partial charge in [-0.25, -0.2) is 4.99 Å². The molecule has 1 aliphatic carbocycles. The first-order valence-corrected chi connectivity index (χ1v) is 10.1. The van der Waals surface area contributed by atoms with Gasteiger partial charge in [0, 0.05) is 25.8 Å². The average molecular weight is 509 g/mol. The Labute approximate surface area is 191 Å². The van der Waals surface area contributed by atoms with E-state index in [0.717, 1.165) is 41.9 Å². The molecule has 0 aliphatic heterocycles. The van der Waals surface area contributed by atoms with Crippen LogP contribution < -0.4 is 15.4 Å². The van der Waals surface area contributed by atoms with Crippen molar-refractivity contribution in [1.82, 2.24) is 10.6 Å². The van der Waals surface area contributed by atoms with Gasteiger partial charge in [-0.2, -0.15) is 0 Å². The fraction of sp³-hybridized carbons (Fsp3) is 0.435. The Morgan fingerprint density at radius 3 is 2.62 bits per heavy atom. The molecular formula is C23H32IN3O2. The molecule has 2 aromatic rings. The normalized spacial score (nSPS) is 13.5. The molecule has 158 valence electrons. The van der Waals surface area contributed by atoms with Crippen LogP contribution in [0.2, 0.25) is 0 Å². The molecule has 0 aromatic heterocycles. The minimum atomic E-state index is 0. The van der Waals surface area contributed by atoms with Gasteiger partial charge in [0.15, 0.2) is 5.96 Å². The highest BCUT2D eigenvalue weighted by Crippen LogP contribution is 2.30. The third-order valence-electron chi connectivity index (χ3n) is 4.66. The summed E-state index contributed by atoms with van der Waals surface area (Å²) in [6, 6.07) is 16.6. The van der Waals surface area contributed by atoms with E-state index in [2.05, 4.69) is 41.8 Å². The summed E-state index contributed by atoms with van der Waals surface area (Å²) in [6.45, 7) is 5.62. The number of benzene rings is 2. The molecule has 3 rings (SSSR count). The van der Waals surface area contributed by atoms with Crippen LogP contribution in [-0.4, -0.2) is 26.2 Å². The number of para-hydroxylation sites is 1. The van der Waals surface area contributed by atoms with Gasteiger partial charge in [-0.05, 0) is 42.9 Å². The Morgan fingerprint density at radius 1 is 1.07 bits per heavy atom. The van der Waals surface area contributed by atoms with Gasteiger partial charge in [0.2, 0.25) is 0 Å². The van der Waals surface area contributed by atoms with Crippen molar-refractivity contribution in [2.45, 2.75) is 39.5 Å². The van der Waals surface area contributed by atoms with Gasteiger partial charge in [0.1, 0.15) is 5.75 Å². The zero-order valence-corrected chi connectivity index (χ0v) is 19.6. The molecule has 6 heteroatoms. The first-order valence-electron chi connectivity index (χ1n) is 10.1. The van der Waals surface area contributed by atoms with E-state index in [0.29, 0.717) is 19.7 Å². The maximum absolute atomic E-state index is 6.01. The van der Waals surface area contributed by atoms with Crippen molar-refractivity contribution in [2.24, 2.45) is 10.9 Å². The van der Waals surface area contributed by atoms with Crippen molar-refractivity contribution in [3.05, 3.63) is 65.2 Å². The summed E-state index contributed by atoms with van der Waals surface area (Å²) < 4.78 is 11.2. The lowest BCUT2D eigenvalue weighted by atomic mass is 10.1. The third-order valence-corrected chi connectivity index (χ3v) is 4.66. The van der Waals surface area contributed by atoms with Crippen molar-refractivity contribution in [2.75, 3.05) is 20.3 Å². The summed E-state index contributed by atoms with van der Waals surface area (Å²) >= 11 is 0. The summed E-state index contributed by atoms with van der Waals surface area (Å²) in [7, 11) is 1.71. The van der Waals surface area contributed by atoms with Gasteiger partial charge in [0.25, 0.3) is 0 Å². The lowest BCUT2D eigenvalue weighted by molar-refractivity contribution is 0.185. The van der Waals surface area contributed by atoms with E-state index < -0.39 is 0 Å². The number of guanidine groups is 1. The minimum Gasteiger partial charge on any atom is -0.493 e. The number of nitrogens with zero attached hydrogens (tertiary/aromatic N) is 1. The number of hydrogen-bond acceptors (Lipinski definition) is 3. The van der Waals surface area contributed by atoms with Gasteiger partial charge in [-0.3, -0.25) is 0 Å². The Kier molecular flexibility index (Phi) is 10.3. The SMILES string of the molecule is CCNC(=NCc1cccc(COC)c1)NCc1ccccc1OCC1CC1.I. The average Bonchev–Trinajstić information content (AvgIpc) is 3.54. The third kappa shape index (κ3) is 8.22. The van der Waals surface area contributed by atoms with E-state index in [1.165, 1.54) is 18.4 Å². The van der Waals surface area contributed by atoms with Crippen molar-refractivity contribution in [3.8, 4) is 5.75 Å². The number of halogens is 1. The standard InChI is InChI=1S/C23H31N3O2.HI/c1-3-24-23(25-14-19-7-6-8-20(13-19)16-27-2)26-15-21-9-4-5-10-22(21)28-17-18-11-12-18;/h4-10,13,18H,3,11-12,14-17H2,1-2H3,(H2,24,25,26);1H. The van der Waals surface area contributed by atoms with E-state index in [9.17, 15) is 0 Å². The van der Waals surface area contributed by atoms with E-state index >= 15 is 0 Å². The maximum atomic E-state index is 6.01. The van der Waals surface area contributed by atoms with Crippen LogP contribution in [0.15, 0.2) is 53.5 Å². The second-order valence-corrected chi connectivity index (χ2v) is 7.16. The molecular weight excluding hydrogens is 477 g/mol. The van der Waals surface area contributed by atoms with Crippen molar-refractivity contribution in [1.29, 1.82) is 0 Å². The maximum Gasteiger partial charge on any atom is 0.191 e. The summed E-state index contributed by atoms with van der Waals surface area (Å²) in [5.41, 5.74) is 3.48. The van der Waals surface area contributed by atoms with Crippen LogP contribution in [0.3, 0.4) is 0 Å². The highest BCUT2D eigenvalue weighted by Gasteiger charge is 2.22. The van der Waals surface area contributed by atoms with Crippen molar-refractivity contribution >= 4 is 29.9 Å². The van der Waals surface area contributed by atoms with Gasteiger partial charge < -0.3 is 20.1 Å². The number of ether oxygens (including phenoxy) is 2. The first kappa shape index (κ1) is 23.5. The summed E-state index contributed by atoms with van der Waals surface area (Å²) in [6.07, 6.45) is 2.59. The molecule has 1 fully saturated rings. The molecule has 0 unspecified atom stereocenters. The summed E-state index contributed by atoms with van der Waals surface area (Å²) in [5.74, 6) is 2.51. The predicted octanol–water partition coefficient (Wildman–Crippen LogP) is 4.50. The second-order valence-electron chi connectivity index (χ2n) is 7.16. The van der Waals surface area contributed by atoms with Crippen LogP contribution in [0, 0.1) is 5.92 Å². The molecule has 29 heavy (non-hydrogen) atoms. The van der Waals surface area contributed by atoms with Gasteiger partial charge in [-0.1, -0.05) is 42.5 Å². The number of rotatable bonds is 10. The molecule has 1 saturated carbocycles. The molecule has 0 radical (unpaired) electrons. The molecule has 0 atom stereocenters. The zero-order chi connectivity index (χ0) is 19.6. The second kappa shape index (κ2) is 12.7. The number of hydrogen-bond donors (Lipinski definition) is 2. The largest absolute Gasteiger partial charge is 0.493 e. The van der Waals surface area contributed by atoms with E-state index in [1.807, 2.05) is 24.3 Å². The Morgan fingerprint density at radius 2 is 1.86 bits per heavy atom. The van der Waals surface area contributed by atoms with Crippen LogP contribution in [0.5, 0.6) is 5.75 Å². The van der Waals surface area contributed by atoms with E-state index in [1.54, 1.807) is 7.11 Å². The number of nitrogens with one attached hydrogen (secondary N) is 2. The van der Waals surface area contributed by atoms with Gasteiger partial charge in [0.05, 0.1) is 19.8 Å². The Hall–Kier alpha value is -1.80. The van der Waals surface area contributed by atoms with Gasteiger partial charge in [-0.15, -0.1) is 24.0 Å². The molecule has 2 N–H and O–H groups in total.